The molecule has 19 heavy (non-hydrogen) atoms. The minimum atomic E-state index is 0.560. The van der Waals surface area contributed by atoms with Crippen LogP contribution in [0.15, 0.2) is 33.4 Å². The maximum atomic E-state index is 5.51. The number of ether oxygens (including phenoxy) is 1. The van der Waals surface area contributed by atoms with Crippen molar-refractivity contribution in [2.75, 3.05) is 13.2 Å². The van der Waals surface area contributed by atoms with Crippen LogP contribution in [-0.4, -0.2) is 13.2 Å². The van der Waals surface area contributed by atoms with E-state index in [2.05, 4.69) is 34.2 Å². The summed E-state index contributed by atoms with van der Waals surface area (Å²) in [5.74, 6) is 0.881. The lowest BCUT2D eigenvalue weighted by atomic mass is 10.4. The highest BCUT2D eigenvalue weighted by atomic mass is 79.9. The molecule has 1 N–H and O–H groups in total. The minimum absolute atomic E-state index is 0.560. The molecule has 0 aliphatic rings. The van der Waals surface area contributed by atoms with Gasteiger partial charge in [-0.25, -0.2) is 0 Å². The molecule has 0 aromatic carbocycles. The van der Waals surface area contributed by atoms with E-state index in [0.29, 0.717) is 6.61 Å². The number of thiophene rings is 1. The Morgan fingerprint density at radius 3 is 3.05 bits per heavy atom. The van der Waals surface area contributed by atoms with Gasteiger partial charge in [-0.15, -0.1) is 11.3 Å². The van der Waals surface area contributed by atoms with Gasteiger partial charge in [0.05, 0.1) is 6.26 Å². The Bertz CT molecular complexity index is 462. The molecule has 0 unspecified atom stereocenters. The monoisotopic (exact) mass is 343 g/mol. The van der Waals surface area contributed by atoms with Crippen LogP contribution < -0.4 is 5.32 Å². The van der Waals surface area contributed by atoms with Crippen LogP contribution in [0.25, 0.3) is 0 Å². The summed E-state index contributed by atoms with van der Waals surface area (Å²) in [4.78, 5) is 2.69. The summed E-state index contributed by atoms with van der Waals surface area (Å²) in [7, 11) is 0. The number of aryl methyl sites for hydroxylation is 1. The second kappa shape index (κ2) is 7.85. The van der Waals surface area contributed by atoms with Crippen LogP contribution in [0.2, 0.25) is 0 Å². The van der Waals surface area contributed by atoms with Crippen LogP contribution in [0.4, 0.5) is 0 Å². The molecule has 0 fully saturated rings. The number of furan rings is 1. The van der Waals surface area contributed by atoms with E-state index in [-0.39, 0.29) is 0 Å². The van der Waals surface area contributed by atoms with Gasteiger partial charge in [0.25, 0.3) is 0 Å². The third-order valence-corrected chi connectivity index (χ3v) is 4.81. The first-order chi connectivity index (χ1) is 9.25. The molecule has 5 heteroatoms. The van der Waals surface area contributed by atoms with Gasteiger partial charge in [0.1, 0.15) is 12.4 Å². The Labute approximate surface area is 126 Å². The molecule has 2 rings (SSSR count). The van der Waals surface area contributed by atoms with E-state index in [4.69, 9.17) is 9.15 Å². The predicted molar refractivity (Wildman–Crippen MR) is 81.4 cm³/mol. The Balaban J connectivity index is 1.50. The fraction of sp³-hybridized carbons (Fsp3) is 0.429. The van der Waals surface area contributed by atoms with Crippen molar-refractivity contribution < 1.29 is 9.15 Å². The second-order valence-electron chi connectivity index (χ2n) is 4.28. The fourth-order valence-corrected chi connectivity index (χ4v) is 3.25. The highest BCUT2D eigenvalue weighted by Gasteiger charge is 2.02. The molecule has 2 aromatic rings. The maximum Gasteiger partial charge on any atom is 0.129 e. The first-order valence-corrected chi connectivity index (χ1v) is 7.92. The average molecular weight is 344 g/mol. The smallest absolute Gasteiger partial charge is 0.129 e. The largest absolute Gasteiger partial charge is 0.467 e. The molecule has 104 valence electrons. The molecule has 2 heterocycles. The summed E-state index contributed by atoms with van der Waals surface area (Å²) < 4.78 is 11.9. The van der Waals surface area contributed by atoms with Gasteiger partial charge in [-0.05, 0) is 54.0 Å². The van der Waals surface area contributed by atoms with Crippen LogP contribution in [0.1, 0.15) is 21.9 Å². The van der Waals surface area contributed by atoms with Crippen molar-refractivity contribution in [1.29, 1.82) is 0 Å². The first kappa shape index (κ1) is 14.8. The number of hydrogen-bond acceptors (Lipinski definition) is 4. The van der Waals surface area contributed by atoms with Gasteiger partial charge in [0.2, 0.25) is 0 Å². The molecule has 0 aliphatic heterocycles. The van der Waals surface area contributed by atoms with Crippen molar-refractivity contribution in [3.05, 3.63) is 44.4 Å². The van der Waals surface area contributed by atoms with E-state index >= 15 is 0 Å². The molecular weight excluding hydrogens is 326 g/mol. The third kappa shape index (κ3) is 5.10. The van der Waals surface area contributed by atoms with Crippen molar-refractivity contribution in [1.82, 2.24) is 5.32 Å². The summed E-state index contributed by atoms with van der Waals surface area (Å²) in [6.45, 7) is 5.33. The quantitative estimate of drug-likeness (QED) is 0.732. The molecule has 0 radical (unpaired) electrons. The zero-order valence-corrected chi connectivity index (χ0v) is 13.4. The molecule has 0 saturated heterocycles. The Morgan fingerprint density at radius 1 is 1.47 bits per heavy atom. The number of hydrogen-bond donors (Lipinski definition) is 1. The van der Waals surface area contributed by atoms with E-state index in [1.807, 2.05) is 23.5 Å². The molecule has 0 bridgehead atoms. The highest BCUT2D eigenvalue weighted by Crippen LogP contribution is 2.25. The van der Waals surface area contributed by atoms with Gasteiger partial charge in [-0.3, -0.25) is 0 Å². The second-order valence-corrected chi connectivity index (χ2v) is 6.47. The summed E-state index contributed by atoms with van der Waals surface area (Å²) >= 11 is 5.36. The molecule has 0 atom stereocenters. The van der Waals surface area contributed by atoms with E-state index in [9.17, 15) is 0 Å². The average Bonchev–Trinajstić information content (AvgIpc) is 2.99. The van der Waals surface area contributed by atoms with Gasteiger partial charge in [-0.2, -0.15) is 0 Å². The first-order valence-electron chi connectivity index (χ1n) is 6.31. The SMILES string of the molecule is Cc1sc(CNCCCOCc2ccco2)cc1Br. The van der Waals surface area contributed by atoms with Crippen LogP contribution in [-0.2, 0) is 17.9 Å². The topological polar surface area (TPSA) is 34.4 Å². The maximum absolute atomic E-state index is 5.51. The Morgan fingerprint density at radius 2 is 2.37 bits per heavy atom. The van der Waals surface area contributed by atoms with Gasteiger partial charge >= 0.3 is 0 Å². The van der Waals surface area contributed by atoms with Crippen molar-refractivity contribution >= 4 is 27.3 Å². The summed E-state index contributed by atoms with van der Waals surface area (Å²) in [5.41, 5.74) is 0. The fourth-order valence-electron chi connectivity index (χ4n) is 1.68. The number of nitrogens with one attached hydrogen (secondary N) is 1. The van der Waals surface area contributed by atoms with E-state index in [0.717, 1.165) is 31.9 Å². The standard InChI is InChI=1S/C14H18BrNO2S/c1-11-14(15)8-13(19-11)9-16-5-3-6-17-10-12-4-2-7-18-12/h2,4,7-8,16H,3,5-6,9-10H2,1H3. The van der Waals surface area contributed by atoms with Gasteiger partial charge in [0.15, 0.2) is 0 Å². The zero-order valence-electron chi connectivity index (χ0n) is 10.9. The predicted octanol–water partition coefficient (Wildman–Crippen LogP) is 4.11. The lowest BCUT2D eigenvalue weighted by molar-refractivity contribution is 0.104. The summed E-state index contributed by atoms with van der Waals surface area (Å²) in [5, 5.41) is 3.42. The molecule has 3 nitrogen and oxygen atoms in total. The van der Waals surface area contributed by atoms with Gasteiger partial charge < -0.3 is 14.5 Å². The minimum Gasteiger partial charge on any atom is -0.467 e. The summed E-state index contributed by atoms with van der Waals surface area (Å²) in [6, 6.07) is 5.98. The lowest BCUT2D eigenvalue weighted by Gasteiger charge is -2.04. The molecule has 0 amide bonds. The van der Waals surface area contributed by atoms with E-state index in [1.54, 1.807) is 6.26 Å². The third-order valence-electron chi connectivity index (χ3n) is 2.67. The van der Waals surface area contributed by atoms with Crippen LogP contribution in [0.5, 0.6) is 0 Å². The molecule has 0 aliphatic carbocycles. The van der Waals surface area contributed by atoms with Gasteiger partial charge in [-0.1, -0.05) is 0 Å². The molecule has 0 spiro atoms. The van der Waals surface area contributed by atoms with Crippen molar-refractivity contribution in [3.8, 4) is 0 Å². The van der Waals surface area contributed by atoms with Crippen LogP contribution in [0.3, 0.4) is 0 Å². The van der Waals surface area contributed by atoms with Crippen molar-refractivity contribution in [2.45, 2.75) is 26.5 Å². The molecular formula is C14H18BrNO2S. The highest BCUT2D eigenvalue weighted by molar-refractivity contribution is 9.10. The van der Waals surface area contributed by atoms with Gasteiger partial charge in [0, 0.05) is 27.4 Å². The van der Waals surface area contributed by atoms with Crippen molar-refractivity contribution in [3.63, 3.8) is 0 Å². The normalized spacial score (nSPS) is 11.1. The van der Waals surface area contributed by atoms with E-state index in [1.165, 1.54) is 14.2 Å². The van der Waals surface area contributed by atoms with Crippen LogP contribution in [0, 0.1) is 6.92 Å². The number of halogens is 1. The molecule has 2 aromatic heterocycles. The Kier molecular flexibility index (Phi) is 6.10. The summed E-state index contributed by atoms with van der Waals surface area (Å²) in [6.07, 6.45) is 2.67. The van der Waals surface area contributed by atoms with E-state index < -0.39 is 0 Å². The van der Waals surface area contributed by atoms with Crippen molar-refractivity contribution in [2.24, 2.45) is 0 Å². The lowest BCUT2D eigenvalue weighted by Crippen LogP contribution is -2.15. The Hall–Kier alpha value is -0.620. The molecule has 0 saturated carbocycles. The zero-order chi connectivity index (χ0) is 13.5. The van der Waals surface area contributed by atoms with Crippen LogP contribution >= 0.6 is 27.3 Å². The number of rotatable bonds is 8.